The minimum Gasteiger partial charge on any atom is -0.458 e. The summed E-state index contributed by atoms with van der Waals surface area (Å²) in [6, 6.07) is 19.5. The SMILES string of the molecule is O=C1OCC=C1c1ccccc1.OCC=C(I)c1ccccc1. The number of aliphatic hydroxyl groups excluding tert-OH is 1. The Hall–Kier alpha value is -1.92. The first-order valence-electron chi connectivity index (χ1n) is 7.17. The van der Waals surface area contributed by atoms with Crippen molar-refractivity contribution in [2.75, 3.05) is 13.2 Å². The Morgan fingerprint density at radius 2 is 1.70 bits per heavy atom. The van der Waals surface area contributed by atoms with Crippen LogP contribution in [0, 0.1) is 0 Å². The molecule has 0 saturated carbocycles. The minimum absolute atomic E-state index is 0.104. The highest BCUT2D eigenvalue weighted by molar-refractivity contribution is 14.1. The van der Waals surface area contributed by atoms with Crippen molar-refractivity contribution in [3.05, 3.63) is 83.9 Å². The lowest BCUT2D eigenvalue weighted by molar-refractivity contribution is -0.133. The Labute approximate surface area is 149 Å². The maximum atomic E-state index is 11.1. The molecule has 0 saturated heterocycles. The Bertz CT molecular complexity index is 691. The molecule has 23 heavy (non-hydrogen) atoms. The Kier molecular flexibility index (Phi) is 7.03. The van der Waals surface area contributed by atoms with Gasteiger partial charge in [-0.15, -0.1) is 0 Å². The van der Waals surface area contributed by atoms with E-state index in [9.17, 15) is 4.79 Å². The van der Waals surface area contributed by atoms with Crippen LogP contribution in [0.3, 0.4) is 0 Å². The molecule has 3 nitrogen and oxygen atoms in total. The van der Waals surface area contributed by atoms with Gasteiger partial charge in [-0.3, -0.25) is 0 Å². The van der Waals surface area contributed by atoms with E-state index in [1.54, 1.807) is 12.2 Å². The number of aliphatic hydroxyl groups is 1. The molecule has 1 aliphatic heterocycles. The van der Waals surface area contributed by atoms with E-state index in [0.29, 0.717) is 12.2 Å². The molecular formula is C19H17IO3. The van der Waals surface area contributed by atoms with E-state index in [-0.39, 0.29) is 12.6 Å². The van der Waals surface area contributed by atoms with Gasteiger partial charge in [-0.05, 0) is 45.9 Å². The third kappa shape index (κ3) is 5.33. The van der Waals surface area contributed by atoms with Gasteiger partial charge in [0.1, 0.15) is 6.61 Å². The number of rotatable bonds is 3. The molecule has 1 heterocycles. The molecule has 0 amide bonds. The van der Waals surface area contributed by atoms with Crippen LogP contribution in [0.1, 0.15) is 11.1 Å². The number of halogens is 1. The predicted octanol–water partition coefficient (Wildman–Crippen LogP) is 4.08. The highest BCUT2D eigenvalue weighted by Gasteiger charge is 2.17. The van der Waals surface area contributed by atoms with Crippen LogP contribution in [0.25, 0.3) is 9.15 Å². The highest BCUT2D eigenvalue weighted by Crippen LogP contribution is 2.20. The van der Waals surface area contributed by atoms with Gasteiger partial charge in [0.25, 0.3) is 0 Å². The van der Waals surface area contributed by atoms with Gasteiger partial charge in [-0.1, -0.05) is 60.7 Å². The number of benzene rings is 2. The van der Waals surface area contributed by atoms with Crippen LogP contribution in [0.15, 0.2) is 72.8 Å². The number of carbonyl (C=O) groups excluding carboxylic acids is 1. The van der Waals surface area contributed by atoms with Gasteiger partial charge in [0.05, 0.1) is 12.2 Å². The van der Waals surface area contributed by atoms with Crippen molar-refractivity contribution in [2.24, 2.45) is 0 Å². The second-order valence-electron chi connectivity index (χ2n) is 4.68. The first kappa shape index (κ1) is 17.4. The Balaban J connectivity index is 0.000000168. The van der Waals surface area contributed by atoms with E-state index in [4.69, 9.17) is 9.84 Å². The minimum atomic E-state index is -0.221. The summed E-state index contributed by atoms with van der Waals surface area (Å²) >= 11 is 2.21. The molecule has 0 aliphatic carbocycles. The van der Waals surface area contributed by atoms with Crippen molar-refractivity contribution >= 4 is 37.7 Å². The van der Waals surface area contributed by atoms with Crippen molar-refractivity contribution < 1.29 is 14.6 Å². The van der Waals surface area contributed by atoms with Crippen molar-refractivity contribution in [1.29, 1.82) is 0 Å². The van der Waals surface area contributed by atoms with Crippen LogP contribution in [0.5, 0.6) is 0 Å². The largest absolute Gasteiger partial charge is 0.458 e. The van der Waals surface area contributed by atoms with Crippen LogP contribution in [0.4, 0.5) is 0 Å². The van der Waals surface area contributed by atoms with Gasteiger partial charge >= 0.3 is 5.97 Å². The summed E-state index contributed by atoms with van der Waals surface area (Å²) in [4.78, 5) is 11.1. The van der Waals surface area contributed by atoms with Crippen molar-refractivity contribution in [3.63, 3.8) is 0 Å². The lowest BCUT2D eigenvalue weighted by Gasteiger charge is -1.97. The number of hydrogen-bond donors (Lipinski definition) is 1. The standard InChI is InChI=1S/C10H8O2.C9H9IO/c11-10-9(6-7-12-10)8-4-2-1-3-5-8;10-9(6-7-11)8-4-2-1-3-5-8/h1-6H,7H2;1-6,11H,7H2. The lowest BCUT2D eigenvalue weighted by atomic mass is 10.1. The summed E-state index contributed by atoms with van der Waals surface area (Å²) in [6.07, 6.45) is 3.59. The molecule has 0 radical (unpaired) electrons. The third-order valence-corrected chi connectivity index (χ3v) is 4.19. The van der Waals surface area contributed by atoms with Crippen molar-refractivity contribution in [2.45, 2.75) is 0 Å². The van der Waals surface area contributed by atoms with E-state index in [1.807, 2.05) is 60.7 Å². The zero-order valence-corrected chi connectivity index (χ0v) is 14.6. The number of hydrogen-bond acceptors (Lipinski definition) is 3. The number of cyclic esters (lactones) is 1. The summed E-state index contributed by atoms with van der Waals surface area (Å²) in [5, 5.41) is 8.62. The monoisotopic (exact) mass is 420 g/mol. The zero-order valence-electron chi connectivity index (χ0n) is 12.5. The molecule has 118 valence electrons. The molecule has 3 rings (SSSR count). The molecule has 0 fully saturated rings. The van der Waals surface area contributed by atoms with E-state index in [2.05, 4.69) is 22.6 Å². The fraction of sp³-hybridized carbons (Fsp3) is 0.105. The molecule has 4 heteroatoms. The summed E-state index contributed by atoms with van der Waals surface area (Å²) in [6.45, 7) is 0.510. The van der Waals surface area contributed by atoms with Gasteiger partial charge in [-0.2, -0.15) is 0 Å². The fourth-order valence-corrected chi connectivity index (χ4v) is 2.57. The zero-order chi connectivity index (χ0) is 16.5. The first-order chi connectivity index (χ1) is 11.2. The molecule has 0 aromatic heterocycles. The second-order valence-corrected chi connectivity index (χ2v) is 5.85. The second kappa shape index (κ2) is 9.27. The number of carbonyl (C=O) groups is 1. The Morgan fingerprint density at radius 1 is 1.09 bits per heavy atom. The van der Waals surface area contributed by atoms with E-state index >= 15 is 0 Å². The van der Waals surface area contributed by atoms with Crippen LogP contribution < -0.4 is 0 Å². The summed E-state index contributed by atoms with van der Waals surface area (Å²) in [7, 11) is 0. The van der Waals surface area contributed by atoms with Gasteiger partial charge in [-0.25, -0.2) is 4.79 Å². The van der Waals surface area contributed by atoms with Gasteiger partial charge < -0.3 is 9.84 Å². The molecule has 2 aromatic rings. The smallest absolute Gasteiger partial charge is 0.338 e. The molecular weight excluding hydrogens is 403 g/mol. The first-order valence-corrected chi connectivity index (χ1v) is 8.25. The maximum Gasteiger partial charge on any atom is 0.338 e. The molecule has 0 spiro atoms. The van der Waals surface area contributed by atoms with Gasteiger partial charge in [0.15, 0.2) is 0 Å². The lowest BCUT2D eigenvalue weighted by Crippen LogP contribution is -1.97. The van der Waals surface area contributed by atoms with Crippen LogP contribution in [-0.2, 0) is 9.53 Å². The van der Waals surface area contributed by atoms with Gasteiger partial charge in [0, 0.05) is 3.58 Å². The Morgan fingerprint density at radius 3 is 2.22 bits per heavy atom. The molecule has 0 bridgehead atoms. The normalized spacial score (nSPS) is 13.7. The van der Waals surface area contributed by atoms with Crippen molar-refractivity contribution in [1.82, 2.24) is 0 Å². The van der Waals surface area contributed by atoms with Crippen LogP contribution in [0.2, 0.25) is 0 Å². The summed E-state index contributed by atoms with van der Waals surface area (Å²) < 4.78 is 5.88. The molecule has 1 aliphatic rings. The summed E-state index contributed by atoms with van der Waals surface area (Å²) in [5.41, 5.74) is 2.76. The van der Waals surface area contributed by atoms with E-state index < -0.39 is 0 Å². The predicted molar refractivity (Wildman–Crippen MR) is 101 cm³/mol. The molecule has 0 atom stereocenters. The highest BCUT2D eigenvalue weighted by atomic mass is 127. The molecule has 2 aromatic carbocycles. The van der Waals surface area contributed by atoms with Crippen LogP contribution >= 0.6 is 22.6 Å². The average Bonchev–Trinajstić information content (AvgIpc) is 3.03. The topological polar surface area (TPSA) is 46.5 Å². The number of esters is 1. The molecule has 1 N–H and O–H groups in total. The summed E-state index contributed by atoms with van der Waals surface area (Å²) in [5.74, 6) is -0.221. The van der Waals surface area contributed by atoms with Gasteiger partial charge in [0.2, 0.25) is 0 Å². The average molecular weight is 420 g/mol. The fourth-order valence-electron chi connectivity index (χ4n) is 2.01. The third-order valence-electron chi connectivity index (χ3n) is 3.13. The number of ether oxygens (including phenoxy) is 1. The quantitative estimate of drug-likeness (QED) is 0.602. The molecule has 0 unspecified atom stereocenters. The van der Waals surface area contributed by atoms with E-state index in [0.717, 1.165) is 14.7 Å². The van der Waals surface area contributed by atoms with Crippen LogP contribution in [-0.4, -0.2) is 24.3 Å². The van der Waals surface area contributed by atoms with Crippen molar-refractivity contribution in [3.8, 4) is 0 Å². The van der Waals surface area contributed by atoms with E-state index in [1.165, 1.54) is 0 Å². The maximum absolute atomic E-state index is 11.1.